The molecule has 0 aliphatic heterocycles. The summed E-state index contributed by atoms with van der Waals surface area (Å²) < 4.78 is 0. The van der Waals surface area contributed by atoms with E-state index >= 15 is 0 Å². The molecular weight excluding hydrogens is 284 g/mol. The fourth-order valence-electron chi connectivity index (χ4n) is 1.27. The van der Waals surface area contributed by atoms with Gasteiger partial charge in [-0.3, -0.25) is 0 Å². The Morgan fingerprint density at radius 2 is 1.27 bits per heavy atom. The van der Waals surface area contributed by atoms with Crippen LogP contribution in [0.1, 0.15) is 60.2 Å². The molecule has 0 saturated heterocycles. The van der Waals surface area contributed by atoms with E-state index in [1.165, 1.54) is 43.9 Å². The molecule has 22 heavy (non-hydrogen) atoms. The topological polar surface area (TPSA) is 136 Å². The van der Waals surface area contributed by atoms with Crippen LogP contribution < -0.4 is 21.7 Å². The molecule has 1 aromatic carbocycles. The average molecular weight is 312 g/mol. The second-order valence-electron chi connectivity index (χ2n) is 4.57. The highest BCUT2D eigenvalue weighted by atomic mass is 16.4. The molecule has 0 bridgehead atoms. The molecule has 0 atom stereocenters. The van der Waals surface area contributed by atoms with Gasteiger partial charge < -0.3 is 31.3 Å². The Labute approximate surface area is 132 Å². The van der Waals surface area contributed by atoms with E-state index in [0.717, 1.165) is 19.2 Å². The van der Waals surface area contributed by atoms with Crippen molar-refractivity contribution < 1.29 is 31.3 Å². The van der Waals surface area contributed by atoms with Gasteiger partial charge in [0.15, 0.2) is 0 Å². The first-order valence-electron chi connectivity index (χ1n) is 7.55. The first-order valence-corrected chi connectivity index (χ1v) is 7.55. The van der Waals surface area contributed by atoms with Crippen molar-refractivity contribution in [3.63, 3.8) is 0 Å². The molecule has 0 fully saturated rings. The van der Waals surface area contributed by atoms with Gasteiger partial charge in [0.1, 0.15) is 0 Å². The van der Waals surface area contributed by atoms with E-state index in [2.05, 4.69) is 25.3 Å². The van der Waals surface area contributed by atoms with Gasteiger partial charge in [-0.2, -0.15) is 0 Å². The fourth-order valence-corrected chi connectivity index (χ4v) is 1.27. The van der Waals surface area contributed by atoms with E-state index in [-0.39, 0.29) is 11.1 Å². The Morgan fingerprint density at radius 3 is 1.45 bits per heavy atom. The van der Waals surface area contributed by atoms with Crippen LogP contribution in [-0.4, -0.2) is 25.0 Å². The molecule has 6 heteroatoms. The van der Waals surface area contributed by atoms with E-state index in [9.17, 15) is 19.8 Å². The van der Waals surface area contributed by atoms with Gasteiger partial charge in [0.2, 0.25) is 0 Å². The number of carbonyl (C=O) groups excluding carboxylic acids is 2. The number of rotatable bonds is 6. The molecule has 0 aromatic heterocycles. The Bertz CT molecular complexity index is 383. The second-order valence-corrected chi connectivity index (χ2v) is 4.57. The number of unbranched alkanes of at least 4 members (excludes halogenated alkanes) is 2. The number of carboxylic acid groups (broad SMARTS) is 2. The van der Waals surface area contributed by atoms with Gasteiger partial charge in [0, 0.05) is 0 Å². The van der Waals surface area contributed by atoms with E-state index in [4.69, 9.17) is 0 Å². The lowest BCUT2D eigenvalue weighted by molar-refractivity contribution is -0.368. The number of hydrogen-bond donors (Lipinski definition) is 2. The lowest BCUT2D eigenvalue weighted by Gasteiger charge is -2.05. The number of carboxylic acids is 2. The molecule has 0 unspecified atom stereocenters. The first-order chi connectivity index (χ1) is 10.4. The number of hydrogen-bond acceptors (Lipinski definition) is 4. The van der Waals surface area contributed by atoms with Crippen LogP contribution in [0.3, 0.4) is 0 Å². The van der Waals surface area contributed by atoms with Crippen LogP contribution >= 0.6 is 0 Å². The van der Waals surface area contributed by atoms with Crippen molar-refractivity contribution in [1.29, 1.82) is 0 Å². The molecular formula is C16H28N2O4. The van der Waals surface area contributed by atoms with Gasteiger partial charge in [0.25, 0.3) is 0 Å². The minimum atomic E-state index is -1.40. The third-order valence-corrected chi connectivity index (χ3v) is 2.54. The van der Waals surface area contributed by atoms with Crippen LogP contribution in [0.5, 0.6) is 0 Å². The molecule has 0 radical (unpaired) electrons. The highest BCUT2D eigenvalue weighted by molar-refractivity contribution is 5.91. The van der Waals surface area contributed by atoms with Gasteiger partial charge in [-0.15, -0.1) is 0 Å². The molecule has 0 aliphatic rings. The number of benzene rings is 1. The van der Waals surface area contributed by atoms with Crippen molar-refractivity contribution in [1.82, 2.24) is 0 Å². The molecule has 0 heterocycles. The summed E-state index contributed by atoms with van der Waals surface area (Å²) in [4.78, 5) is 20.5. The molecule has 0 spiro atoms. The summed E-state index contributed by atoms with van der Waals surface area (Å²) in [5.74, 6) is -2.81. The lowest BCUT2D eigenvalue weighted by Crippen LogP contribution is -2.49. The largest absolute Gasteiger partial charge is 0.545 e. The zero-order valence-corrected chi connectivity index (χ0v) is 13.6. The SMILES string of the molecule is CCCC[NH3+].CCCC[NH3+].O=C([O-])c1cccc(C(=O)[O-])c1. The molecule has 0 aliphatic carbocycles. The number of carbonyl (C=O) groups is 2. The lowest BCUT2D eigenvalue weighted by atomic mass is 10.1. The Balaban J connectivity index is 0. The first kappa shape index (κ1) is 22.4. The van der Waals surface area contributed by atoms with Crippen LogP contribution in [0.2, 0.25) is 0 Å². The van der Waals surface area contributed by atoms with Crippen molar-refractivity contribution in [3.8, 4) is 0 Å². The van der Waals surface area contributed by atoms with E-state index in [1.807, 2.05) is 0 Å². The Morgan fingerprint density at radius 1 is 0.909 bits per heavy atom. The maximum absolute atomic E-state index is 10.3. The van der Waals surface area contributed by atoms with Crippen LogP contribution in [0.25, 0.3) is 0 Å². The van der Waals surface area contributed by atoms with Crippen LogP contribution in [0.4, 0.5) is 0 Å². The molecule has 1 aromatic rings. The summed E-state index contributed by atoms with van der Waals surface area (Å²) in [6, 6.07) is 4.81. The quantitative estimate of drug-likeness (QED) is 0.658. The van der Waals surface area contributed by atoms with E-state index < -0.39 is 11.9 Å². The number of quaternary nitrogens is 2. The minimum absolute atomic E-state index is 0.170. The van der Waals surface area contributed by atoms with Crippen molar-refractivity contribution in [2.24, 2.45) is 0 Å². The minimum Gasteiger partial charge on any atom is -0.545 e. The van der Waals surface area contributed by atoms with Gasteiger partial charge in [-0.05, 0) is 30.0 Å². The van der Waals surface area contributed by atoms with Crippen LogP contribution in [-0.2, 0) is 0 Å². The summed E-state index contributed by atoms with van der Waals surface area (Å²) in [5, 5.41) is 20.5. The summed E-state index contributed by atoms with van der Waals surface area (Å²) in [6.07, 6.45) is 5.12. The molecule has 1 rings (SSSR count). The predicted molar refractivity (Wildman–Crippen MR) is 80.4 cm³/mol. The zero-order chi connectivity index (χ0) is 17.4. The highest BCUT2D eigenvalue weighted by Crippen LogP contribution is 2.02. The number of aromatic carboxylic acids is 2. The molecule has 126 valence electrons. The third-order valence-electron chi connectivity index (χ3n) is 2.54. The smallest absolute Gasteiger partial charge is 0.0739 e. The van der Waals surface area contributed by atoms with Gasteiger partial charge in [-0.25, -0.2) is 0 Å². The van der Waals surface area contributed by atoms with Crippen molar-refractivity contribution >= 4 is 11.9 Å². The average Bonchev–Trinajstić information content (AvgIpc) is 2.50. The Kier molecular flexibility index (Phi) is 15.7. The van der Waals surface area contributed by atoms with E-state index in [1.54, 1.807) is 0 Å². The van der Waals surface area contributed by atoms with Crippen LogP contribution in [0, 0.1) is 0 Å². The molecule has 0 saturated carbocycles. The third kappa shape index (κ3) is 13.1. The summed E-state index contributed by atoms with van der Waals surface area (Å²) in [7, 11) is 0. The Hall–Kier alpha value is -1.92. The second kappa shape index (κ2) is 15.5. The molecule has 0 amide bonds. The summed E-state index contributed by atoms with van der Waals surface area (Å²) >= 11 is 0. The van der Waals surface area contributed by atoms with E-state index in [0.29, 0.717) is 0 Å². The maximum atomic E-state index is 10.3. The van der Waals surface area contributed by atoms with Gasteiger partial charge >= 0.3 is 0 Å². The standard InChI is InChI=1S/C8H6O4.2C4H11N/c9-7(10)5-2-1-3-6(4-5)8(11)12;2*1-2-3-4-5/h1-4H,(H,9,10)(H,11,12);2*2-5H2,1H3. The molecule has 6 N–H and O–H groups in total. The molecule has 6 nitrogen and oxygen atoms in total. The normalized spacial score (nSPS) is 8.91. The summed E-state index contributed by atoms with van der Waals surface area (Å²) in [5.41, 5.74) is 7.01. The summed E-state index contributed by atoms with van der Waals surface area (Å²) in [6.45, 7) is 6.53. The zero-order valence-electron chi connectivity index (χ0n) is 13.6. The van der Waals surface area contributed by atoms with Crippen molar-refractivity contribution in [2.45, 2.75) is 39.5 Å². The van der Waals surface area contributed by atoms with Crippen molar-refractivity contribution in [3.05, 3.63) is 35.4 Å². The van der Waals surface area contributed by atoms with Crippen molar-refractivity contribution in [2.75, 3.05) is 13.1 Å². The van der Waals surface area contributed by atoms with Gasteiger partial charge in [0.05, 0.1) is 25.0 Å². The van der Waals surface area contributed by atoms with Gasteiger partial charge in [-0.1, -0.05) is 44.9 Å². The predicted octanol–water partition coefficient (Wildman–Crippen LogP) is -1.53. The maximum Gasteiger partial charge on any atom is 0.0739 e. The monoisotopic (exact) mass is 312 g/mol. The highest BCUT2D eigenvalue weighted by Gasteiger charge is 1.96. The van der Waals surface area contributed by atoms with Crippen LogP contribution in [0.15, 0.2) is 24.3 Å². The fraction of sp³-hybridized carbons (Fsp3) is 0.500.